The fourth-order valence-corrected chi connectivity index (χ4v) is 2.76. The lowest BCUT2D eigenvalue weighted by Gasteiger charge is -2.01. The summed E-state index contributed by atoms with van der Waals surface area (Å²) in [5, 5.41) is 8.55. The van der Waals surface area contributed by atoms with Crippen LogP contribution in [0.1, 0.15) is 110 Å². The lowest BCUT2D eigenvalue weighted by molar-refractivity contribution is -0.137. The Hall–Kier alpha value is -1.05. The average molecular weight is 337 g/mol. The van der Waals surface area contributed by atoms with Gasteiger partial charge in [-0.15, -0.1) is 0 Å². The third-order valence-corrected chi connectivity index (χ3v) is 4.32. The molecule has 0 atom stereocenters. The summed E-state index contributed by atoms with van der Waals surface area (Å²) in [6.45, 7) is 2.24. The fraction of sp³-hybridized carbons (Fsp3) is 0.773. The van der Waals surface area contributed by atoms with E-state index in [4.69, 9.17) is 5.11 Å². The first-order valence-electron chi connectivity index (χ1n) is 10.3. The summed E-state index contributed by atoms with van der Waals surface area (Å²) >= 11 is 0. The molecule has 0 fully saturated rings. The molecule has 0 aliphatic rings. The molecule has 0 radical (unpaired) electrons. The Morgan fingerprint density at radius 3 is 1.54 bits per heavy atom. The number of rotatable bonds is 18. The Morgan fingerprint density at radius 1 is 0.625 bits per heavy atom. The second-order valence-corrected chi connectivity index (χ2v) is 6.78. The molecule has 1 N–H and O–H groups in total. The van der Waals surface area contributed by atoms with Crippen molar-refractivity contribution in [1.29, 1.82) is 0 Å². The van der Waals surface area contributed by atoms with Crippen molar-refractivity contribution in [2.75, 3.05) is 0 Å². The van der Waals surface area contributed by atoms with Gasteiger partial charge in [-0.1, -0.05) is 89.0 Å². The molecule has 0 heterocycles. The number of allylic oxidation sites excluding steroid dienone is 4. The van der Waals surface area contributed by atoms with E-state index in [9.17, 15) is 4.79 Å². The van der Waals surface area contributed by atoms with E-state index in [0.29, 0.717) is 6.42 Å². The first-order chi connectivity index (χ1) is 11.8. The summed E-state index contributed by atoms with van der Waals surface area (Å²) in [5.41, 5.74) is 0. The molecule has 0 unspecified atom stereocenters. The highest BCUT2D eigenvalue weighted by molar-refractivity contribution is 5.66. The Bertz CT molecular complexity index is 318. The van der Waals surface area contributed by atoms with Crippen LogP contribution in [0.25, 0.3) is 0 Å². The van der Waals surface area contributed by atoms with Gasteiger partial charge in [0.25, 0.3) is 0 Å². The van der Waals surface area contributed by atoms with E-state index in [1.165, 1.54) is 83.5 Å². The average Bonchev–Trinajstić information content (AvgIpc) is 2.56. The molecule has 0 spiro atoms. The van der Waals surface area contributed by atoms with Gasteiger partial charge in [-0.25, -0.2) is 0 Å². The van der Waals surface area contributed by atoms with E-state index in [1.54, 1.807) is 0 Å². The molecular weight excluding hydrogens is 296 g/mol. The second-order valence-electron chi connectivity index (χ2n) is 6.78. The minimum Gasteiger partial charge on any atom is -0.481 e. The number of unbranched alkanes of at least 4 members (excludes halogenated alkanes) is 12. The number of hydrogen-bond donors (Lipinski definition) is 1. The van der Waals surface area contributed by atoms with Crippen LogP contribution in [-0.4, -0.2) is 11.1 Å². The molecule has 0 saturated heterocycles. The van der Waals surface area contributed by atoms with E-state index in [1.807, 2.05) is 0 Å². The van der Waals surface area contributed by atoms with Gasteiger partial charge < -0.3 is 5.11 Å². The molecule has 0 aromatic heterocycles. The van der Waals surface area contributed by atoms with E-state index >= 15 is 0 Å². The second kappa shape index (κ2) is 20.0. The zero-order valence-corrected chi connectivity index (χ0v) is 16.0. The van der Waals surface area contributed by atoms with Gasteiger partial charge in [-0.3, -0.25) is 4.79 Å². The third-order valence-electron chi connectivity index (χ3n) is 4.32. The van der Waals surface area contributed by atoms with Crippen molar-refractivity contribution >= 4 is 5.97 Å². The van der Waals surface area contributed by atoms with Gasteiger partial charge in [0.2, 0.25) is 0 Å². The van der Waals surface area contributed by atoms with Crippen LogP contribution >= 0.6 is 0 Å². The summed E-state index contributed by atoms with van der Waals surface area (Å²) in [6.07, 6.45) is 28.2. The van der Waals surface area contributed by atoms with Crippen molar-refractivity contribution in [3.8, 4) is 0 Å². The molecule has 0 saturated carbocycles. The van der Waals surface area contributed by atoms with Crippen molar-refractivity contribution in [2.45, 2.75) is 110 Å². The number of carbonyl (C=O) groups is 1. The van der Waals surface area contributed by atoms with Gasteiger partial charge >= 0.3 is 5.97 Å². The minimum atomic E-state index is -0.660. The van der Waals surface area contributed by atoms with Crippen LogP contribution in [0.3, 0.4) is 0 Å². The molecule has 2 nitrogen and oxygen atoms in total. The zero-order valence-electron chi connectivity index (χ0n) is 16.0. The van der Waals surface area contributed by atoms with Gasteiger partial charge in [0.05, 0.1) is 0 Å². The van der Waals surface area contributed by atoms with Crippen molar-refractivity contribution in [3.63, 3.8) is 0 Å². The normalized spacial score (nSPS) is 11.7. The molecule has 0 aromatic rings. The monoisotopic (exact) mass is 336 g/mol. The van der Waals surface area contributed by atoms with Gasteiger partial charge in [-0.05, 0) is 38.5 Å². The fourth-order valence-electron chi connectivity index (χ4n) is 2.76. The molecule has 0 rings (SSSR count). The van der Waals surface area contributed by atoms with Crippen molar-refractivity contribution in [2.24, 2.45) is 0 Å². The van der Waals surface area contributed by atoms with E-state index in [0.717, 1.165) is 12.8 Å². The van der Waals surface area contributed by atoms with Crippen LogP contribution in [0.15, 0.2) is 24.3 Å². The topological polar surface area (TPSA) is 37.3 Å². The smallest absolute Gasteiger partial charge is 0.303 e. The molecule has 0 amide bonds. The van der Waals surface area contributed by atoms with Crippen molar-refractivity contribution < 1.29 is 9.90 Å². The minimum absolute atomic E-state index is 0.336. The quantitative estimate of drug-likeness (QED) is 0.208. The maximum Gasteiger partial charge on any atom is 0.303 e. The van der Waals surface area contributed by atoms with Crippen LogP contribution in [0.2, 0.25) is 0 Å². The molecule has 0 aromatic carbocycles. The number of carboxylic acid groups (broad SMARTS) is 1. The van der Waals surface area contributed by atoms with Crippen molar-refractivity contribution in [3.05, 3.63) is 24.3 Å². The maximum atomic E-state index is 10.4. The van der Waals surface area contributed by atoms with Gasteiger partial charge in [0, 0.05) is 6.42 Å². The van der Waals surface area contributed by atoms with E-state index < -0.39 is 5.97 Å². The highest BCUT2D eigenvalue weighted by Crippen LogP contribution is 2.11. The number of hydrogen-bond acceptors (Lipinski definition) is 1. The molecule has 2 heteroatoms. The number of carboxylic acids is 1. The summed E-state index contributed by atoms with van der Waals surface area (Å²) in [5.74, 6) is -0.660. The lowest BCUT2D eigenvalue weighted by Crippen LogP contribution is -1.93. The maximum absolute atomic E-state index is 10.4. The summed E-state index contributed by atoms with van der Waals surface area (Å²) in [6, 6.07) is 0. The molecule has 0 bridgehead atoms. The zero-order chi connectivity index (χ0) is 17.7. The largest absolute Gasteiger partial charge is 0.481 e. The molecule has 0 aliphatic carbocycles. The molecule has 0 aliphatic heterocycles. The lowest BCUT2D eigenvalue weighted by atomic mass is 10.1. The Labute approximate surface area is 150 Å². The predicted molar refractivity (Wildman–Crippen MR) is 105 cm³/mol. The summed E-state index contributed by atoms with van der Waals surface area (Å²) < 4.78 is 0. The van der Waals surface area contributed by atoms with Gasteiger partial charge in [0.15, 0.2) is 0 Å². The van der Waals surface area contributed by atoms with Crippen LogP contribution in [-0.2, 0) is 4.79 Å². The molecule has 24 heavy (non-hydrogen) atoms. The number of aliphatic carboxylic acids is 1. The Morgan fingerprint density at radius 2 is 1.04 bits per heavy atom. The summed E-state index contributed by atoms with van der Waals surface area (Å²) in [7, 11) is 0. The van der Waals surface area contributed by atoms with Crippen LogP contribution in [0.5, 0.6) is 0 Å². The molecular formula is C22H40O2. The van der Waals surface area contributed by atoms with Crippen molar-refractivity contribution in [1.82, 2.24) is 0 Å². The van der Waals surface area contributed by atoms with Crippen LogP contribution in [0.4, 0.5) is 0 Å². The predicted octanol–water partition coefficient (Wildman–Crippen LogP) is 7.44. The van der Waals surface area contributed by atoms with Crippen LogP contribution < -0.4 is 0 Å². The van der Waals surface area contributed by atoms with Gasteiger partial charge in [0.1, 0.15) is 0 Å². The van der Waals surface area contributed by atoms with E-state index in [2.05, 4.69) is 31.2 Å². The highest BCUT2D eigenvalue weighted by atomic mass is 16.4. The SMILES string of the molecule is CCCC/C=C\CC/C=C\CCCCCCCCCCCC(=O)O. The Balaban J connectivity index is 3.12. The highest BCUT2D eigenvalue weighted by Gasteiger charge is 1.96. The van der Waals surface area contributed by atoms with Crippen LogP contribution in [0, 0.1) is 0 Å². The van der Waals surface area contributed by atoms with Gasteiger partial charge in [-0.2, -0.15) is 0 Å². The first-order valence-corrected chi connectivity index (χ1v) is 10.3. The van der Waals surface area contributed by atoms with E-state index in [-0.39, 0.29) is 0 Å². The summed E-state index contributed by atoms with van der Waals surface area (Å²) in [4.78, 5) is 10.4. The first kappa shape index (κ1) is 22.9. The molecule has 140 valence electrons. The Kier molecular flexibility index (Phi) is 19.1. The third kappa shape index (κ3) is 20.9. The standard InChI is InChI=1S/C22H40O2/c1-2-3-4-5-6-7-8-9-10-11-12-13-14-15-16-17-18-19-20-21-22(23)24/h5-6,9-10H,2-4,7-8,11-21H2,1H3,(H,23,24)/b6-5-,10-9-.